The minimum Gasteiger partial charge on any atom is -0.330 e. The minimum absolute atomic E-state index is 0.266. The molecule has 5 heteroatoms. The summed E-state index contributed by atoms with van der Waals surface area (Å²) in [5.41, 5.74) is 5.06. The van der Waals surface area contributed by atoms with E-state index >= 15 is 0 Å². The Balaban J connectivity index is 2.82. The van der Waals surface area contributed by atoms with E-state index in [1.165, 1.54) is 0 Å². The van der Waals surface area contributed by atoms with Crippen LogP contribution in [-0.2, 0) is 9.09 Å². The number of hydrogen-bond acceptors (Lipinski definition) is 3. The quantitative estimate of drug-likeness (QED) is 0.423. The highest BCUT2D eigenvalue weighted by Gasteiger charge is 2.09. The van der Waals surface area contributed by atoms with Gasteiger partial charge in [0.15, 0.2) is 0 Å². The SMILES string of the molecule is NCCCO[P+](=O)O. The standard InChI is InChI=1S/C3H8NO3P/c4-2-1-3-7-8(5)6/h1-4H2/p+1. The first-order valence-electron chi connectivity index (χ1n) is 2.26. The zero-order chi connectivity index (χ0) is 6.41. The van der Waals surface area contributed by atoms with Crippen LogP contribution in [0, 0.1) is 0 Å². The van der Waals surface area contributed by atoms with Crippen LogP contribution < -0.4 is 5.73 Å². The van der Waals surface area contributed by atoms with E-state index in [9.17, 15) is 4.57 Å². The van der Waals surface area contributed by atoms with Crippen molar-refractivity contribution < 1.29 is 14.0 Å². The molecule has 0 fully saturated rings. The Bertz CT molecular complexity index is 76.9. The van der Waals surface area contributed by atoms with Gasteiger partial charge in [0, 0.05) is 4.57 Å². The van der Waals surface area contributed by atoms with Crippen LogP contribution in [0.4, 0.5) is 0 Å². The van der Waals surface area contributed by atoms with Crippen molar-refractivity contribution in [2.24, 2.45) is 5.73 Å². The first-order chi connectivity index (χ1) is 3.77. The Kier molecular flexibility index (Phi) is 5.11. The third-order valence-electron chi connectivity index (χ3n) is 0.550. The van der Waals surface area contributed by atoms with Crippen molar-refractivity contribution in [1.82, 2.24) is 0 Å². The van der Waals surface area contributed by atoms with E-state index in [-0.39, 0.29) is 6.61 Å². The van der Waals surface area contributed by atoms with Gasteiger partial charge in [-0.05, 0) is 13.0 Å². The van der Waals surface area contributed by atoms with Crippen LogP contribution in [-0.4, -0.2) is 18.0 Å². The van der Waals surface area contributed by atoms with Crippen molar-refractivity contribution in [3.8, 4) is 0 Å². The summed E-state index contributed by atoms with van der Waals surface area (Å²) >= 11 is 0. The van der Waals surface area contributed by atoms with Crippen LogP contribution in [0.15, 0.2) is 0 Å². The van der Waals surface area contributed by atoms with Crippen LogP contribution in [0.25, 0.3) is 0 Å². The highest BCUT2D eigenvalue weighted by molar-refractivity contribution is 7.32. The van der Waals surface area contributed by atoms with E-state index in [2.05, 4.69) is 4.52 Å². The first kappa shape index (κ1) is 7.98. The summed E-state index contributed by atoms with van der Waals surface area (Å²) in [5, 5.41) is 0. The summed E-state index contributed by atoms with van der Waals surface area (Å²) in [6.45, 7) is 0.755. The molecule has 48 valence electrons. The molecule has 0 amide bonds. The molecule has 0 bridgehead atoms. The van der Waals surface area contributed by atoms with Crippen molar-refractivity contribution >= 4 is 8.25 Å². The molecule has 4 nitrogen and oxygen atoms in total. The normalized spacial score (nSPS) is 11.5. The minimum atomic E-state index is -2.42. The zero-order valence-corrected chi connectivity index (χ0v) is 5.30. The van der Waals surface area contributed by atoms with Crippen molar-refractivity contribution in [3.05, 3.63) is 0 Å². The Morgan fingerprint density at radius 1 is 1.75 bits per heavy atom. The number of hydrogen-bond donors (Lipinski definition) is 2. The molecule has 0 rings (SSSR count). The molecule has 1 unspecified atom stereocenters. The van der Waals surface area contributed by atoms with Gasteiger partial charge in [-0.2, -0.15) is 0 Å². The molecule has 0 spiro atoms. The lowest BCUT2D eigenvalue weighted by Gasteiger charge is -1.83. The molecule has 0 aromatic rings. The van der Waals surface area contributed by atoms with E-state index in [0.717, 1.165) is 0 Å². The Morgan fingerprint density at radius 3 is 2.75 bits per heavy atom. The molecule has 0 saturated carbocycles. The second-order valence-electron chi connectivity index (χ2n) is 1.21. The summed E-state index contributed by atoms with van der Waals surface area (Å²) in [7, 11) is -2.42. The number of nitrogens with two attached hydrogens (primary N) is 1. The van der Waals surface area contributed by atoms with Crippen molar-refractivity contribution in [3.63, 3.8) is 0 Å². The Labute approximate surface area is 48.6 Å². The van der Waals surface area contributed by atoms with Gasteiger partial charge in [-0.25, -0.2) is 0 Å². The lowest BCUT2D eigenvalue weighted by atomic mass is 10.5. The summed E-state index contributed by atoms with van der Waals surface area (Å²) in [6, 6.07) is 0. The van der Waals surface area contributed by atoms with E-state index in [1.54, 1.807) is 0 Å². The highest BCUT2D eigenvalue weighted by atomic mass is 31.1. The lowest BCUT2D eigenvalue weighted by Crippen LogP contribution is -2.01. The largest absolute Gasteiger partial charge is 0.694 e. The van der Waals surface area contributed by atoms with Gasteiger partial charge in [0.1, 0.15) is 6.61 Å². The Morgan fingerprint density at radius 2 is 2.38 bits per heavy atom. The van der Waals surface area contributed by atoms with Gasteiger partial charge in [-0.15, -0.1) is 9.42 Å². The molecule has 8 heavy (non-hydrogen) atoms. The Hall–Kier alpha value is -0.0200. The van der Waals surface area contributed by atoms with Gasteiger partial charge in [-0.3, -0.25) is 0 Å². The van der Waals surface area contributed by atoms with E-state index < -0.39 is 8.25 Å². The third-order valence-corrected chi connectivity index (χ3v) is 0.954. The molecular formula is C3H9NO3P+. The summed E-state index contributed by atoms with van der Waals surface area (Å²) in [5.74, 6) is 0. The second kappa shape index (κ2) is 5.12. The van der Waals surface area contributed by atoms with E-state index in [4.69, 9.17) is 10.6 Å². The predicted octanol–water partition coefficient (Wildman–Crippen LogP) is 0.00150. The van der Waals surface area contributed by atoms with Crippen LogP contribution in [0.3, 0.4) is 0 Å². The molecule has 0 radical (unpaired) electrons. The lowest BCUT2D eigenvalue weighted by molar-refractivity contribution is 0.279. The molecule has 0 aliphatic rings. The van der Waals surface area contributed by atoms with Gasteiger partial charge in [0.05, 0.1) is 0 Å². The molecule has 0 aromatic heterocycles. The van der Waals surface area contributed by atoms with E-state index in [1.807, 2.05) is 0 Å². The second-order valence-corrected chi connectivity index (χ2v) is 1.95. The van der Waals surface area contributed by atoms with Crippen LogP contribution in [0.1, 0.15) is 6.42 Å². The third kappa shape index (κ3) is 5.98. The maximum Gasteiger partial charge on any atom is 0.694 e. The smallest absolute Gasteiger partial charge is 0.330 e. The maximum absolute atomic E-state index is 9.76. The highest BCUT2D eigenvalue weighted by Crippen LogP contribution is 2.13. The average molecular weight is 138 g/mol. The van der Waals surface area contributed by atoms with Crippen LogP contribution in [0.2, 0.25) is 0 Å². The molecule has 0 saturated heterocycles. The van der Waals surface area contributed by atoms with Gasteiger partial charge in [-0.1, -0.05) is 0 Å². The van der Waals surface area contributed by atoms with Gasteiger partial charge in [0.25, 0.3) is 0 Å². The molecule has 0 aliphatic carbocycles. The van der Waals surface area contributed by atoms with Crippen LogP contribution in [0.5, 0.6) is 0 Å². The van der Waals surface area contributed by atoms with E-state index in [0.29, 0.717) is 13.0 Å². The molecule has 0 aromatic carbocycles. The van der Waals surface area contributed by atoms with Gasteiger partial charge >= 0.3 is 8.25 Å². The summed E-state index contributed by atoms with van der Waals surface area (Å²) in [4.78, 5) is 8.03. The predicted molar refractivity (Wildman–Crippen MR) is 29.4 cm³/mol. The van der Waals surface area contributed by atoms with Crippen LogP contribution >= 0.6 is 8.25 Å². The first-order valence-corrected chi connectivity index (χ1v) is 3.39. The average Bonchev–Trinajstić information content (AvgIpc) is 1.66. The fraction of sp³-hybridized carbons (Fsp3) is 1.00. The molecule has 0 heterocycles. The number of rotatable bonds is 4. The zero-order valence-electron chi connectivity index (χ0n) is 4.41. The van der Waals surface area contributed by atoms with Gasteiger partial charge in [0.2, 0.25) is 0 Å². The molecule has 0 aliphatic heterocycles. The van der Waals surface area contributed by atoms with Crippen molar-refractivity contribution in [1.29, 1.82) is 0 Å². The van der Waals surface area contributed by atoms with Crippen molar-refractivity contribution in [2.45, 2.75) is 6.42 Å². The molecule has 1 atom stereocenters. The monoisotopic (exact) mass is 138 g/mol. The maximum atomic E-state index is 9.76. The summed E-state index contributed by atoms with van der Waals surface area (Å²) < 4.78 is 14.0. The topological polar surface area (TPSA) is 72.5 Å². The molecular weight excluding hydrogens is 129 g/mol. The van der Waals surface area contributed by atoms with Crippen molar-refractivity contribution in [2.75, 3.05) is 13.2 Å². The van der Waals surface area contributed by atoms with Gasteiger partial charge < -0.3 is 5.73 Å². The fourth-order valence-corrected chi connectivity index (χ4v) is 0.511. The molecule has 3 N–H and O–H groups in total. The fourth-order valence-electron chi connectivity index (χ4n) is 0.226. The summed E-state index contributed by atoms with van der Waals surface area (Å²) in [6.07, 6.45) is 0.627.